The number of anilines is 1. The van der Waals surface area contributed by atoms with Crippen molar-refractivity contribution in [3.05, 3.63) is 98.5 Å². The molecule has 4 rings (SSSR count). The summed E-state index contributed by atoms with van der Waals surface area (Å²) in [6, 6.07) is 12.4. The van der Waals surface area contributed by atoms with Gasteiger partial charge in [-0.25, -0.2) is 17.6 Å². The molecule has 0 radical (unpaired) electrons. The van der Waals surface area contributed by atoms with Crippen LogP contribution in [0, 0.1) is 17.6 Å². The van der Waals surface area contributed by atoms with Crippen molar-refractivity contribution in [2.45, 2.75) is 29.5 Å². The number of carbonyl (C=O) groups is 3. The van der Waals surface area contributed by atoms with E-state index in [2.05, 4.69) is 5.32 Å². The number of hydrogen-bond donors (Lipinski definition) is 1. The minimum atomic E-state index is -3.38. The number of nitrogens with one attached hydrogen (secondary N) is 1. The fourth-order valence-electron chi connectivity index (χ4n) is 4.24. The number of rotatable bonds is 9. The highest BCUT2D eigenvalue weighted by atomic mass is 35.5. The normalized spacial score (nSPS) is 17.7. The quantitative estimate of drug-likeness (QED) is 0.152. The first kappa shape index (κ1) is 29.3. The van der Waals surface area contributed by atoms with Gasteiger partial charge in [-0.3, -0.25) is 14.4 Å². The Kier molecular flexibility index (Phi) is 8.61. The molecule has 0 spiro atoms. The van der Waals surface area contributed by atoms with Crippen molar-refractivity contribution in [1.29, 1.82) is 0 Å². The second-order valence-electron chi connectivity index (χ2n) is 8.92. The number of carbonyl (C=O) groups excluding carboxylic acids is 3. The lowest BCUT2D eigenvalue weighted by atomic mass is 9.98. The smallest absolute Gasteiger partial charge is 0.296 e. The van der Waals surface area contributed by atoms with Crippen molar-refractivity contribution >= 4 is 69.6 Å². The first-order chi connectivity index (χ1) is 18.3. The van der Waals surface area contributed by atoms with Gasteiger partial charge in [-0.15, -0.1) is 23.2 Å². The molecule has 1 N–H and O–H groups in total. The number of halogens is 8. The Labute approximate surface area is 240 Å². The molecule has 0 bridgehead atoms. The number of amides is 1. The molecule has 2 atom stereocenters. The molecule has 0 aromatic heterocycles. The summed E-state index contributed by atoms with van der Waals surface area (Å²) in [5.41, 5.74) is -0.170. The van der Waals surface area contributed by atoms with Gasteiger partial charge in [-0.2, -0.15) is 0 Å². The number of alkyl halides is 4. The zero-order valence-electron chi connectivity index (χ0n) is 19.6. The third-order valence-corrected chi connectivity index (χ3v) is 7.98. The Morgan fingerprint density at radius 1 is 0.923 bits per heavy atom. The lowest BCUT2D eigenvalue weighted by molar-refractivity contribution is -0.128. The molecule has 3 aromatic carbocycles. The summed E-state index contributed by atoms with van der Waals surface area (Å²) in [6.07, 6.45) is -5.08. The number of ketones is 2. The summed E-state index contributed by atoms with van der Waals surface area (Å²) >= 11 is 24.7. The van der Waals surface area contributed by atoms with E-state index in [1.54, 1.807) is 18.2 Å². The lowest BCUT2D eigenvalue weighted by Gasteiger charge is -2.10. The second-order valence-corrected chi connectivity index (χ2v) is 11.2. The fourth-order valence-corrected chi connectivity index (χ4v) is 5.37. The summed E-state index contributed by atoms with van der Waals surface area (Å²) in [5, 5.41) is 3.26. The standard InChI is InChI=1S/C27H17Cl4F4NO3/c28-17-6-4-13(9-18(17)29)22-23(27(22,30)31)26(39)36-15-3-1-2-12(8-15)20(37)10-14-5-7-19(32)16(24(14)33)11-21(38)25(34)35/h1-9,22-23,25H,10-11H2,(H,36,39)/t22-,23+/m0/s1. The van der Waals surface area contributed by atoms with Crippen LogP contribution >= 0.6 is 46.4 Å². The van der Waals surface area contributed by atoms with Crippen LogP contribution < -0.4 is 5.32 Å². The number of hydrogen-bond acceptors (Lipinski definition) is 3. The Balaban J connectivity index is 1.47. The van der Waals surface area contributed by atoms with Crippen LogP contribution in [0.2, 0.25) is 10.0 Å². The monoisotopic (exact) mass is 619 g/mol. The van der Waals surface area contributed by atoms with E-state index in [4.69, 9.17) is 46.4 Å². The molecule has 1 aliphatic carbocycles. The Hall–Kier alpha value is -2.65. The molecule has 1 amide bonds. The van der Waals surface area contributed by atoms with Crippen LogP contribution in [-0.4, -0.2) is 28.2 Å². The molecule has 1 saturated carbocycles. The highest BCUT2D eigenvalue weighted by Gasteiger charge is 2.67. The van der Waals surface area contributed by atoms with Gasteiger partial charge in [0.05, 0.1) is 16.0 Å². The van der Waals surface area contributed by atoms with Crippen LogP contribution in [0.25, 0.3) is 0 Å². The van der Waals surface area contributed by atoms with E-state index >= 15 is 0 Å². The second kappa shape index (κ2) is 11.5. The van der Waals surface area contributed by atoms with Gasteiger partial charge in [0.1, 0.15) is 16.0 Å². The molecule has 39 heavy (non-hydrogen) atoms. The van der Waals surface area contributed by atoms with Crippen LogP contribution in [0.4, 0.5) is 23.2 Å². The molecule has 12 heteroatoms. The van der Waals surface area contributed by atoms with E-state index in [-0.39, 0.29) is 21.8 Å². The molecular formula is C27H17Cl4F4NO3. The fraction of sp³-hybridized carbons (Fsp3) is 0.222. The third kappa shape index (κ3) is 6.24. The predicted molar refractivity (Wildman–Crippen MR) is 141 cm³/mol. The van der Waals surface area contributed by atoms with Crippen molar-refractivity contribution in [2.24, 2.45) is 5.92 Å². The summed E-state index contributed by atoms with van der Waals surface area (Å²) in [4.78, 5) is 37.1. The molecule has 1 aliphatic rings. The van der Waals surface area contributed by atoms with E-state index in [1.807, 2.05) is 0 Å². The van der Waals surface area contributed by atoms with Crippen molar-refractivity contribution in [1.82, 2.24) is 0 Å². The van der Waals surface area contributed by atoms with E-state index in [1.165, 1.54) is 24.3 Å². The van der Waals surface area contributed by atoms with Crippen LogP contribution in [0.5, 0.6) is 0 Å². The van der Waals surface area contributed by atoms with Gasteiger partial charge in [-0.05, 0) is 41.5 Å². The average Bonchev–Trinajstić information content (AvgIpc) is 3.46. The van der Waals surface area contributed by atoms with Gasteiger partial charge in [0.15, 0.2) is 5.78 Å². The van der Waals surface area contributed by atoms with Gasteiger partial charge in [0, 0.05) is 35.6 Å². The average molecular weight is 621 g/mol. The summed E-state index contributed by atoms with van der Waals surface area (Å²) in [6.45, 7) is 0. The zero-order chi connectivity index (χ0) is 28.6. The maximum Gasteiger partial charge on any atom is 0.296 e. The largest absolute Gasteiger partial charge is 0.326 e. The Bertz CT molecular complexity index is 1480. The molecule has 0 aliphatic heterocycles. The first-order valence-electron chi connectivity index (χ1n) is 11.3. The van der Waals surface area contributed by atoms with Crippen molar-refractivity contribution < 1.29 is 31.9 Å². The van der Waals surface area contributed by atoms with E-state index in [0.717, 1.165) is 12.1 Å². The molecule has 0 unspecified atom stereocenters. The molecule has 204 valence electrons. The van der Waals surface area contributed by atoms with E-state index in [9.17, 15) is 31.9 Å². The van der Waals surface area contributed by atoms with Gasteiger partial charge in [-0.1, -0.05) is 47.5 Å². The minimum absolute atomic E-state index is 0.0848. The van der Waals surface area contributed by atoms with Crippen molar-refractivity contribution in [3.8, 4) is 0 Å². The molecule has 0 saturated heterocycles. The van der Waals surface area contributed by atoms with E-state index in [0.29, 0.717) is 10.6 Å². The van der Waals surface area contributed by atoms with Gasteiger partial charge in [0.25, 0.3) is 6.43 Å². The lowest BCUT2D eigenvalue weighted by Crippen LogP contribution is -2.18. The molecular weight excluding hydrogens is 604 g/mol. The molecule has 4 nitrogen and oxygen atoms in total. The maximum atomic E-state index is 14.8. The molecule has 0 heterocycles. The van der Waals surface area contributed by atoms with Crippen LogP contribution in [0.3, 0.4) is 0 Å². The molecule has 3 aromatic rings. The third-order valence-electron chi connectivity index (χ3n) is 6.30. The first-order valence-corrected chi connectivity index (χ1v) is 12.9. The highest BCUT2D eigenvalue weighted by Crippen LogP contribution is 2.65. The Morgan fingerprint density at radius 2 is 1.64 bits per heavy atom. The Morgan fingerprint density at radius 3 is 2.31 bits per heavy atom. The summed E-state index contributed by atoms with van der Waals surface area (Å²) in [7, 11) is 0. The highest BCUT2D eigenvalue weighted by molar-refractivity contribution is 6.53. The van der Waals surface area contributed by atoms with E-state index < -0.39 is 70.1 Å². The van der Waals surface area contributed by atoms with Crippen molar-refractivity contribution in [2.75, 3.05) is 5.32 Å². The summed E-state index contributed by atoms with van der Waals surface area (Å²) < 4.78 is 52.5. The number of Topliss-reactive ketones (excluding diaryl/α,β-unsaturated/α-hetero) is 2. The number of benzene rings is 3. The van der Waals surface area contributed by atoms with Crippen molar-refractivity contribution in [3.63, 3.8) is 0 Å². The maximum absolute atomic E-state index is 14.8. The van der Waals surface area contributed by atoms with Crippen LogP contribution in [0.1, 0.15) is 33.0 Å². The summed E-state index contributed by atoms with van der Waals surface area (Å²) in [5.74, 6) is -6.57. The van der Waals surface area contributed by atoms with Gasteiger partial charge < -0.3 is 5.32 Å². The topological polar surface area (TPSA) is 63.2 Å². The van der Waals surface area contributed by atoms with Crippen LogP contribution in [0.15, 0.2) is 54.6 Å². The molecule has 1 fully saturated rings. The van der Waals surface area contributed by atoms with Gasteiger partial charge >= 0.3 is 0 Å². The SMILES string of the molecule is O=C(Cc1ccc(F)c(CC(=O)C(F)F)c1F)c1cccc(NC(=O)[C@H]2[C@H](c3ccc(Cl)c(Cl)c3)C2(Cl)Cl)c1. The zero-order valence-corrected chi connectivity index (χ0v) is 22.6. The minimum Gasteiger partial charge on any atom is -0.326 e. The van der Waals surface area contributed by atoms with Gasteiger partial charge in [0.2, 0.25) is 11.7 Å². The predicted octanol–water partition coefficient (Wildman–Crippen LogP) is 7.60. The van der Waals surface area contributed by atoms with Crippen LogP contribution in [-0.2, 0) is 22.4 Å².